The molecule has 1 aliphatic rings. The summed E-state index contributed by atoms with van der Waals surface area (Å²) in [6.45, 7) is 0.420. The average Bonchev–Trinajstić information content (AvgIpc) is 2.69. The molecule has 0 spiro atoms. The van der Waals surface area contributed by atoms with Crippen LogP contribution in [0.4, 0.5) is 10.7 Å². The molecule has 0 unspecified atom stereocenters. The van der Waals surface area contributed by atoms with E-state index in [0.717, 1.165) is 21.8 Å². The molecule has 1 aromatic carbocycles. The van der Waals surface area contributed by atoms with Crippen molar-refractivity contribution in [3.8, 4) is 16.9 Å². The molecule has 1 aromatic heterocycles. The standard InChI is InChI=1S/C13H12N2O2S/c14-12-6-9(7-18-12)8-1-2-11-10(5-8)15-13(16)3-4-17-11/h1-2,5-7H,3-4,14H2,(H,15,16). The number of rotatable bonds is 1. The molecule has 18 heavy (non-hydrogen) atoms. The molecule has 2 aromatic rings. The number of ether oxygens (including phenoxy) is 1. The van der Waals surface area contributed by atoms with Gasteiger partial charge in [-0.15, -0.1) is 11.3 Å². The first-order valence-electron chi connectivity index (χ1n) is 5.63. The van der Waals surface area contributed by atoms with Crippen molar-refractivity contribution in [3.63, 3.8) is 0 Å². The zero-order chi connectivity index (χ0) is 12.5. The zero-order valence-corrected chi connectivity index (χ0v) is 10.4. The Morgan fingerprint density at radius 1 is 1.28 bits per heavy atom. The highest BCUT2D eigenvalue weighted by Crippen LogP contribution is 2.34. The zero-order valence-electron chi connectivity index (χ0n) is 9.60. The SMILES string of the molecule is Nc1cc(-c2ccc3c(c2)NC(=O)CCO3)cs1. The van der Waals surface area contributed by atoms with Crippen molar-refractivity contribution < 1.29 is 9.53 Å². The molecule has 1 amide bonds. The van der Waals surface area contributed by atoms with Gasteiger partial charge in [0.15, 0.2) is 0 Å². The van der Waals surface area contributed by atoms with Gasteiger partial charge in [-0.05, 0) is 29.3 Å². The maximum absolute atomic E-state index is 11.5. The van der Waals surface area contributed by atoms with Crippen LogP contribution in [0.2, 0.25) is 0 Å². The number of nitrogen functional groups attached to an aromatic ring is 1. The van der Waals surface area contributed by atoms with Crippen LogP contribution in [0, 0.1) is 0 Å². The first-order valence-corrected chi connectivity index (χ1v) is 6.51. The first-order chi connectivity index (χ1) is 8.72. The number of carbonyl (C=O) groups is 1. The molecule has 0 radical (unpaired) electrons. The van der Waals surface area contributed by atoms with E-state index in [9.17, 15) is 4.79 Å². The minimum atomic E-state index is -0.0178. The van der Waals surface area contributed by atoms with E-state index < -0.39 is 0 Å². The molecule has 2 heterocycles. The van der Waals surface area contributed by atoms with Gasteiger partial charge < -0.3 is 15.8 Å². The Morgan fingerprint density at radius 3 is 2.94 bits per heavy atom. The second-order valence-corrected chi connectivity index (χ2v) is 5.04. The summed E-state index contributed by atoms with van der Waals surface area (Å²) in [6.07, 6.45) is 0.384. The molecule has 3 N–H and O–H groups in total. The van der Waals surface area contributed by atoms with Crippen LogP contribution in [-0.4, -0.2) is 12.5 Å². The molecule has 0 bridgehead atoms. The third-order valence-corrected chi connectivity index (χ3v) is 3.56. The normalized spacial score (nSPS) is 14.3. The van der Waals surface area contributed by atoms with E-state index in [-0.39, 0.29) is 5.91 Å². The van der Waals surface area contributed by atoms with Crippen LogP contribution in [0.5, 0.6) is 5.75 Å². The lowest BCUT2D eigenvalue weighted by molar-refractivity contribution is -0.116. The maximum atomic E-state index is 11.5. The monoisotopic (exact) mass is 260 g/mol. The predicted molar refractivity (Wildman–Crippen MR) is 72.9 cm³/mol. The van der Waals surface area contributed by atoms with Gasteiger partial charge in [-0.3, -0.25) is 4.79 Å². The fourth-order valence-electron chi connectivity index (χ4n) is 1.90. The van der Waals surface area contributed by atoms with Crippen LogP contribution in [0.25, 0.3) is 11.1 Å². The van der Waals surface area contributed by atoms with Gasteiger partial charge >= 0.3 is 0 Å². The van der Waals surface area contributed by atoms with Gasteiger partial charge in [0, 0.05) is 5.38 Å². The highest BCUT2D eigenvalue weighted by molar-refractivity contribution is 7.14. The number of nitrogens with two attached hydrogens (primary N) is 1. The van der Waals surface area contributed by atoms with Crippen LogP contribution in [0.1, 0.15) is 6.42 Å². The molecule has 0 saturated heterocycles. The van der Waals surface area contributed by atoms with E-state index in [0.29, 0.717) is 18.8 Å². The number of benzene rings is 1. The van der Waals surface area contributed by atoms with E-state index in [4.69, 9.17) is 10.5 Å². The summed E-state index contributed by atoms with van der Waals surface area (Å²) in [5.74, 6) is 0.698. The Kier molecular flexibility index (Phi) is 2.68. The summed E-state index contributed by atoms with van der Waals surface area (Å²) in [5, 5.41) is 5.62. The molecule has 0 atom stereocenters. The summed E-state index contributed by atoms with van der Waals surface area (Å²) in [7, 11) is 0. The maximum Gasteiger partial charge on any atom is 0.227 e. The van der Waals surface area contributed by atoms with Crippen LogP contribution >= 0.6 is 11.3 Å². The Hall–Kier alpha value is -2.01. The van der Waals surface area contributed by atoms with Crippen molar-refractivity contribution in [3.05, 3.63) is 29.6 Å². The Morgan fingerprint density at radius 2 is 2.17 bits per heavy atom. The third-order valence-electron chi connectivity index (χ3n) is 2.79. The van der Waals surface area contributed by atoms with Crippen molar-refractivity contribution in [2.75, 3.05) is 17.7 Å². The molecule has 0 fully saturated rings. The number of hydrogen-bond donors (Lipinski definition) is 2. The van der Waals surface area contributed by atoms with Gasteiger partial charge in [0.1, 0.15) is 5.75 Å². The van der Waals surface area contributed by atoms with Crippen molar-refractivity contribution in [1.29, 1.82) is 0 Å². The Labute approximate surface area is 108 Å². The van der Waals surface area contributed by atoms with Gasteiger partial charge in [0.25, 0.3) is 0 Å². The van der Waals surface area contributed by atoms with Gasteiger partial charge in [0.05, 0.1) is 23.7 Å². The summed E-state index contributed by atoms with van der Waals surface area (Å²) in [5.41, 5.74) is 8.52. The number of anilines is 2. The molecule has 0 aliphatic carbocycles. The van der Waals surface area contributed by atoms with E-state index in [1.807, 2.05) is 29.6 Å². The fraction of sp³-hybridized carbons (Fsp3) is 0.154. The molecular weight excluding hydrogens is 248 g/mol. The summed E-state index contributed by atoms with van der Waals surface area (Å²) in [4.78, 5) is 11.5. The van der Waals surface area contributed by atoms with Crippen molar-refractivity contribution in [2.24, 2.45) is 0 Å². The van der Waals surface area contributed by atoms with E-state index in [1.165, 1.54) is 11.3 Å². The summed E-state index contributed by atoms with van der Waals surface area (Å²) >= 11 is 1.50. The number of hydrogen-bond acceptors (Lipinski definition) is 4. The first kappa shape index (κ1) is 11.1. The fourth-order valence-corrected chi connectivity index (χ4v) is 2.57. The number of thiophene rings is 1. The lowest BCUT2D eigenvalue weighted by Crippen LogP contribution is -2.10. The van der Waals surface area contributed by atoms with Crippen LogP contribution in [0.3, 0.4) is 0 Å². The number of fused-ring (bicyclic) bond motifs is 1. The van der Waals surface area contributed by atoms with Crippen molar-refractivity contribution in [2.45, 2.75) is 6.42 Å². The van der Waals surface area contributed by atoms with Crippen molar-refractivity contribution in [1.82, 2.24) is 0 Å². The van der Waals surface area contributed by atoms with Gasteiger partial charge in [-0.25, -0.2) is 0 Å². The lowest BCUT2D eigenvalue weighted by atomic mass is 10.1. The smallest absolute Gasteiger partial charge is 0.227 e. The van der Waals surface area contributed by atoms with E-state index in [1.54, 1.807) is 0 Å². The third kappa shape index (κ3) is 2.04. The highest BCUT2D eigenvalue weighted by atomic mass is 32.1. The number of nitrogens with one attached hydrogen (secondary N) is 1. The van der Waals surface area contributed by atoms with Crippen LogP contribution in [-0.2, 0) is 4.79 Å². The number of carbonyl (C=O) groups excluding carboxylic acids is 1. The predicted octanol–water partition coefficient (Wildman–Crippen LogP) is 2.72. The molecule has 92 valence electrons. The molecule has 5 heteroatoms. The van der Waals surface area contributed by atoms with Gasteiger partial charge in [-0.1, -0.05) is 6.07 Å². The summed E-state index contributed by atoms with van der Waals surface area (Å²) in [6, 6.07) is 7.69. The summed E-state index contributed by atoms with van der Waals surface area (Å²) < 4.78 is 5.51. The minimum absolute atomic E-state index is 0.0178. The molecule has 1 aliphatic heterocycles. The quantitative estimate of drug-likeness (QED) is 0.828. The average molecular weight is 260 g/mol. The number of amides is 1. The molecule has 0 saturated carbocycles. The molecule has 4 nitrogen and oxygen atoms in total. The topological polar surface area (TPSA) is 64.3 Å². The van der Waals surface area contributed by atoms with E-state index in [2.05, 4.69) is 5.32 Å². The molecule has 3 rings (SSSR count). The van der Waals surface area contributed by atoms with Crippen molar-refractivity contribution >= 4 is 27.9 Å². The second-order valence-electron chi connectivity index (χ2n) is 4.10. The Bertz CT molecular complexity index is 607. The van der Waals surface area contributed by atoms with Crippen LogP contribution < -0.4 is 15.8 Å². The van der Waals surface area contributed by atoms with E-state index >= 15 is 0 Å². The Balaban J connectivity index is 2.02. The second kappa shape index (κ2) is 4.34. The highest BCUT2D eigenvalue weighted by Gasteiger charge is 2.14. The van der Waals surface area contributed by atoms with Gasteiger partial charge in [-0.2, -0.15) is 0 Å². The molecular formula is C13H12N2O2S. The van der Waals surface area contributed by atoms with Crippen LogP contribution in [0.15, 0.2) is 29.6 Å². The largest absolute Gasteiger partial charge is 0.491 e. The lowest BCUT2D eigenvalue weighted by Gasteiger charge is -2.08. The minimum Gasteiger partial charge on any atom is -0.491 e. The van der Waals surface area contributed by atoms with Gasteiger partial charge in [0.2, 0.25) is 5.91 Å².